The molecule has 0 unspecified atom stereocenters. The van der Waals surface area contributed by atoms with E-state index in [9.17, 15) is 4.79 Å². The van der Waals surface area contributed by atoms with Crippen LogP contribution in [0.1, 0.15) is 54.2 Å². The van der Waals surface area contributed by atoms with E-state index in [-0.39, 0.29) is 11.9 Å². The van der Waals surface area contributed by atoms with Gasteiger partial charge in [-0.2, -0.15) is 0 Å². The highest BCUT2D eigenvalue weighted by atomic mass is 16.1. The van der Waals surface area contributed by atoms with Crippen molar-refractivity contribution in [1.82, 2.24) is 35.3 Å². The van der Waals surface area contributed by atoms with Crippen LogP contribution in [0.3, 0.4) is 0 Å². The number of nitrogens with one attached hydrogen (secondary N) is 1. The third kappa shape index (κ3) is 4.58. The molecular formula is C26H30N8O. The maximum Gasteiger partial charge on any atom is 0.251 e. The van der Waals surface area contributed by atoms with Crippen LogP contribution in [-0.4, -0.2) is 55.5 Å². The summed E-state index contributed by atoms with van der Waals surface area (Å²) in [6.07, 6.45) is 8.52. The molecule has 0 bridgehead atoms. The largest absolute Gasteiger partial charge is 0.352 e. The van der Waals surface area contributed by atoms with Crippen LogP contribution in [0.5, 0.6) is 0 Å². The van der Waals surface area contributed by atoms with Crippen LogP contribution in [0, 0.1) is 6.92 Å². The molecular weight excluding hydrogens is 440 g/mol. The SMILES string of the molecule is CCNC(=O)c1ccc(-c2cc3nnn(C4CCN(c5ncc(CC)cn5)CC4)c3cn2)cc1C. The van der Waals surface area contributed by atoms with Crippen LogP contribution in [0.25, 0.3) is 22.3 Å². The summed E-state index contributed by atoms with van der Waals surface area (Å²) in [6, 6.07) is 8.01. The highest BCUT2D eigenvalue weighted by Gasteiger charge is 2.24. The quantitative estimate of drug-likeness (QED) is 0.458. The van der Waals surface area contributed by atoms with Crippen molar-refractivity contribution in [3.05, 3.63) is 59.5 Å². The van der Waals surface area contributed by atoms with Gasteiger partial charge in [-0.1, -0.05) is 18.2 Å². The third-order valence-electron chi connectivity index (χ3n) is 6.65. The lowest BCUT2D eigenvalue weighted by Gasteiger charge is -2.32. The zero-order valence-corrected chi connectivity index (χ0v) is 20.4. The highest BCUT2D eigenvalue weighted by Crippen LogP contribution is 2.28. The Morgan fingerprint density at radius 3 is 2.51 bits per heavy atom. The zero-order chi connectivity index (χ0) is 24.4. The third-order valence-corrected chi connectivity index (χ3v) is 6.65. The predicted octanol–water partition coefficient (Wildman–Crippen LogP) is 3.75. The van der Waals surface area contributed by atoms with Gasteiger partial charge in [-0.3, -0.25) is 9.78 Å². The lowest BCUT2D eigenvalue weighted by molar-refractivity contribution is 0.0955. The second-order valence-corrected chi connectivity index (χ2v) is 8.94. The van der Waals surface area contributed by atoms with Gasteiger partial charge >= 0.3 is 0 Å². The van der Waals surface area contributed by atoms with Crippen LogP contribution in [0.4, 0.5) is 5.95 Å². The standard InChI is InChI=1S/C26H30N8O/c1-4-18-14-29-26(30-15-18)33-10-8-20(9-11-33)34-24-16-28-22(13-23(24)31-32-34)19-6-7-21(17(3)12-19)25(35)27-5-2/h6-7,12-16,20H,4-5,8-11H2,1-3H3,(H,27,35). The zero-order valence-electron chi connectivity index (χ0n) is 20.4. The maximum atomic E-state index is 12.2. The van der Waals surface area contributed by atoms with E-state index in [0.717, 1.165) is 71.7 Å². The minimum atomic E-state index is -0.0570. The molecule has 1 aliphatic rings. The molecule has 180 valence electrons. The molecule has 0 radical (unpaired) electrons. The molecule has 0 aliphatic carbocycles. The van der Waals surface area contributed by atoms with Crippen molar-refractivity contribution in [2.24, 2.45) is 0 Å². The van der Waals surface area contributed by atoms with E-state index < -0.39 is 0 Å². The van der Waals surface area contributed by atoms with Crippen molar-refractivity contribution in [3.63, 3.8) is 0 Å². The Bertz CT molecular complexity index is 1340. The summed E-state index contributed by atoms with van der Waals surface area (Å²) >= 11 is 0. The number of carbonyl (C=O) groups excluding carboxylic acids is 1. The molecule has 9 nitrogen and oxygen atoms in total. The van der Waals surface area contributed by atoms with Crippen molar-refractivity contribution in [2.75, 3.05) is 24.5 Å². The number of fused-ring (bicyclic) bond motifs is 1. The van der Waals surface area contributed by atoms with Gasteiger partial charge in [0.05, 0.1) is 17.9 Å². The van der Waals surface area contributed by atoms with Crippen molar-refractivity contribution < 1.29 is 4.79 Å². The fraction of sp³-hybridized carbons (Fsp3) is 0.385. The first-order valence-corrected chi connectivity index (χ1v) is 12.2. The number of hydrogen-bond donors (Lipinski definition) is 1. The Labute approximate surface area is 204 Å². The van der Waals surface area contributed by atoms with Gasteiger partial charge in [0, 0.05) is 43.2 Å². The summed E-state index contributed by atoms with van der Waals surface area (Å²) in [6.45, 7) is 8.32. The van der Waals surface area contributed by atoms with Gasteiger partial charge in [0.2, 0.25) is 5.95 Å². The summed E-state index contributed by atoms with van der Waals surface area (Å²) in [5.74, 6) is 0.738. The first kappa shape index (κ1) is 22.9. The molecule has 3 aromatic heterocycles. The molecule has 1 N–H and O–H groups in total. The normalized spacial score (nSPS) is 14.4. The molecule has 1 saturated heterocycles. The molecule has 5 rings (SSSR count). The monoisotopic (exact) mass is 470 g/mol. The molecule has 35 heavy (non-hydrogen) atoms. The van der Waals surface area contributed by atoms with Gasteiger partial charge in [0.15, 0.2) is 0 Å². The van der Waals surface area contributed by atoms with Crippen molar-refractivity contribution >= 4 is 22.9 Å². The van der Waals surface area contributed by atoms with Crippen LogP contribution >= 0.6 is 0 Å². The smallest absolute Gasteiger partial charge is 0.251 e. The second-order valence-electron chi connectivity index (χ2n) is 8.94. The van der Waals surface area contributed by atoms with Gasteiger partial charge in [0.1, 0.15) is 11.0 Å². The van der Waals surface area contributed by atoms with Gasteiger partial charge < -0.3 is 10.2 Å². The Morgan fingerprint density at radius 1 is 1.06 bits per heavy atom. The minimum absolute atomic E-state index is 0.0570. The van der Waals surface area contributed by atoms with E-state index in [1.165, 1.54) is 0 Å². The van der Waals surface area contributed by atoms with Gasteiger partial charge in [-0.05, 0) is 62.4 Å². The van der Waals surface area contributed by atoms with Gasteiger partial charge in [-0.25, -0.2) is 14.6 Å². The van der Waals surface area contributed by atoms with Gasteiger partial charge in [-0.15, -0.1) is 5.10 Å². The second kappa shape index (κ2) is 9.77. The molecule has 4 aromatic rings. The number of piperidine rings is 1. The summed E-state index contributed by atoms with van der Waals surface area (Å²) in [5, 5.41) is 11.8. The molecule has 0 saturated carbocycles. The van der Waals surface area contributed by atoms with E-state index in [1.54, 1.807) is 0 Å². The fourth-order valence-electron chi connectivity index (χ4n) is 4.60. The summed E-state index contributed by atoms with van der Waals surface area (Å²) in [4.78, 5) is 28.2. The van der Waals surface area contributed by atoms with Crippen LogP contribution in [-0.2, 0) is 6.42 Å². The molecule has 9 heteroatoms. The fourth-order valence-corrected chi connectivity index (χ4v) is 4.60. The van der Waals surface area contributed by atoms with Crippen LogP contribution < -0.4 is 10.2 Å². The number of carbonyl (C=O) groups is 1. The van der Waals surface area contributed by atoms with Crippen molar-refractivity contribution in [1.29, 1.82) is 0 Å². The van der Waals surface area contributed by atoms with E-state index in [1.807, 2.05) is 61.4 Å². The summed E-state index contributed by atoms with van der Waals surface area (Å²) in [7, 11) is 0. The number of anilines is 1. The highest BCUT2D eigenvalue weighted by molar-refractivity contribution is 5.96. The van der Waals surface area contributed by atoms with E-state index in [0.29, 0.717) is 12.1 Å². The number of rotatable bonds is 6. The molecule has 0 atom stereocenters. The Balaban J connectivity index is 1.31. The lowest BCUT2D eigenvalue weighted by Crippen LogP contribution is -2.36. The van der Waals surface area contributed by atoms with E-state index in [4.69, 9.17) is 4.98 Å². The first-order valence-electron chi connectivity index (χ1n) is 12.2. The van der Waals surface area contributed by atoms with Crippen LogP contribution in [0.15, 0.2) is 42.9 Å². The number of nitrogens with zero attached hydrogens (tertiary/aromatic N) is 7. The molecule has 1 aliphatic heterocycles. The number of benzene rings is 1. The maximum absolute atomic E-state index is 12.2. The minimum Gasteiger partial charge on any atom is -0.352 e. The summed E-state index contributed by atoms with van der Waals surface area (Å²) < 4.78 is 2.01. The number of aryl methyl sites for hydroxylation is 2. The number of amides is 1. The topological polar surface area (TPSA) is 102 Å². The predicted molar refractivity (Wildman–Crippen MR) is 135 cm³/mol. The molecule has 1 aromatic carbocycles. The van der Waals surface area contributed by atoms with E-state index >= 15 is 0 Å². The average Bonchev–Trinajstić information content (AvgIpc) is 3.32. The van der Waals surface area contributed by atoms with Crippen LogP contribution in [0.2, 0.25) is 0 Å². The Hall–Kier alpha value is -3.88. The van der Waals surface area contributed by atoms with Gasteiger partial charge in [0.25, 0.3) is 5.91 Å². The number of hydrogen-bond acceptors (Lipinski definition) is 7. The van der Waals surface area contributed by atoms with Crippen molar-refractivity contribution in [3.8, 4) is 11.3 Å². The number of pyridine rings is 1. The number of aromatic nitrogens is 6. The Morgan fingerprint density at radius 2 is 1.83 bits per heavy atom. The van der Waals surface area contributed by atoms with E-state index in [2.05, 4.69) is 37.4 Å². The summed E-state index contributed by atoms with van der Waals surface area (Å²) in [5.41, 5.74) is 6.28. The lowest BCUT2D eigenvalue weighted by atomic mass is 10.0. The average molecular weight is 471 g/mol. The van der Waals surface area contributed by atoms with Crippen molar-refractivity contribution in [2.45, 2.75) is 46.1 Å². The molecule has 1 amide bonds. The first-order chi connectivity index (χ1) is 17.1. The molecule has 0 spiro atoms. The Kier molecular flexibility index (Phi) is 6.39. The molecule has 4 heterocycles. The molecule has 1 fully saturated rings.